The molecule has 0 atom stereocenters. The molecule has 56 valence electrons. The van der Waals surface area contributed by atoms with Gasteiger partial charge in [0.2, 0.25) is 6.79 Å². The summed E-state index contributed by atoms with van der Waals surface area (Å²) < 4.78 is 9.49. The Morgan fingerprint density at radius 3 is 3.20 bits per heavy atom. The Bertz CT molecular complexity index is 165. The molecule has 0 saturated heterocycles. The van der Waals surface area contributed by atoms with Crippen LogP contribution >= 0.6 is 0 Å². The molecule has 1 rings (SSSR count). The summed E-state index contributed by atoms with van der Waals surface area (Å²) in [6.07, 6.45) is 0.312. The Hall–Kier alpha value is -1.39. The summed E-state index contributed by atoms with van der Waals surface area (Å²) in [6, 6.07) is 0. The van der Waals surface area contributed by atoms with Crippen LogP contribution in [0.2, 0.25) is 0 Å². The maximum atomic E-state index is 9.92. The van der Waals surface area contributed by atoms with Crippen LogP contribution in [0.5, 0.6) is 0 Å². The minimum Gasteiger partial charge on any atom is -0.465 e. The summed E-state index contributed by atoms with van der Waals surface area (Å²) in [6.45, 7) is 0.339. The van der Waals surface area contributed by atoms with Crippen LogP contribution in [0.15, 0.2) is 12.0 Å². The molecule has 0 aliphatic carbocycles. The first-order valence-electron chi connectivity index (χ1n) is 2.69. The number of nitrogens with one attached hydrogen (secondary N) is 1. The van der Waals surface area contributed by atoms with Crippen LogP contribution in [-0.2, 0) is 9.47 Å². The number of carbonyl (C=O) groups is 1. The molecule has 0 radical (unpaired) electrons. The first kappa shape index (κ1) is 6.73. The number of carboxylic acid groups (broad SMARTS) is 1. The Labute approximate surface area is 57.2 Å². The second-order valence-electron chi connectivity index (χ2n) is 1.67. The average molecular weight is 145 g/mol. The Kier molecular flexibility index (Phi) is 1.99. The molecule has 5 heteroatoms. The van der Waals surface area contributed by atoms with Crippen molar-refractivity contribution in [2.45, 2.75) is 0 Å². The van der Waals surface area contributed by atoms with Crippen LogP contribution in [0.4, 0.5) is 4.79 Å². The molecule has 0 aromatic heterocycles. The second kappa shape index (κ2) is 2.95. The molecule has 0 aromatic rings. The van der Waals surface area contributed by atoms with Crippen molar-refractivity contribution in [2.75, 3.05) is 13.3 Å². The lowest BCUT2D eigenvalue weighted by Crippen LogP contribution is -2.23. The first-order valence-corrected chi connectivity index (χ1v) is 2.69. The van der Waals surface area contributed by atoms with Gasteiger partial charge in [-0.1, -0.05) is 0 Å². The molecule has 0 aromatic carbocycles. The van der Waals surface area contributed by atoms with Gasteiger partial charge in [-0.3, -0.25) is 0 Å². The van der Waals surface area contributed by atoms with Gasteiger partial charge in [-0.25, -0.2) is 4.79 Å². The molecule has 1 amide bonds. The van der Waals surface area contributed by atoms with E-state index in [0.717, 1.165) is 0 Å². The lowest BCUT2D eigenvalue weighted by Gasteiger charge is -1.98. The summed E-state index contributed by atoms with van der Waals surface area (Å²) in [5.41, 5.74) is 0. The van der Waals surface area contributed by atoms with Gasteiger partial charge in [0.05, 0.1) is 6.54 Å². The summed E-state index contributed by atoms with van der Waals surface area (Å²) in [5.74, 6) is 0.502. The Balaban J connectivity index is 2.19. The third-order valence-corrected chi connectivity index (χ3v) is 0.941. The molecular formula is C5H7NO4. The maximum absolute atomic E-state index is 9.92. The van der Waals surface area contributed by atoms with E-state index in [1.54, 1.807) is 0 Å². The van der Waals surface area contributed by atoms with Gasteiger partial charge in [0.15, 0.2) is 5.76 Å². The normalized spacial score (nSPS) is 15.0. The molecule has 0 fully saturated rings. The van der Waals surface area contributed by atoms with Gasteiger partial charge in [0.25, 0.3) is 0 Å². The van der Waals surface area contributed by atoms with E-state index < -0.39 is 6.09 Å². The van der Waals surface area contributed by atoms with E-state index >= 15 is 0 Å². The summed E-state index contributed by atoms with van der Waals surface area (Å²) in [7, 11) is 0. The van der Waals surface area contributed by atoms with Crippen molar-refractivity contribution in [3.05, 3.63) is 12.0 Å². The average Bonchev–Trinajstić information content (AvgIpc) is 2.34. The number of hydrogen-bond acceptors (Lipinski definition) is 3. The van der Waals surface area contributed by atoms with E-state index in [4.69, 9.17) is 9.84 Å². The van der Waals surface area contributed by atoms with E-state index in [2.05, 4.69) is 10.1 Å². The fourth-order valence-electron chi connectivity index (χ4n) is 0.526. The van der Waals surface area contributed by atoms with Crippen molar-refractivity contribution in [3.63, 3.8) is 0 Å². The van der Waals surface area contributed by atoms with Crippen LogP contribution in [0.3, 0.4) is 0 Å². The Morgan fingerprint density at radius 1 is 1.90 bits per heavy atom. The monoisotopic (exact) mass is 145 g/mol. The quantitative estimate of drug-likeness (QED) is 0.578. The first-order chi connectivity index (χ1) is 4.79. The molecule has 0 spiro atoms. The van der Waals surface area contributed by atoms with E-state index in [1.165, 1.54) is 6.26 Å². The maximum Gasteiger partial charge on any atom is 0.405 e. The molecule has 10 heavy (non-hydrogen) atoms. The standard InChI is InChI=1S/C5H7NO4/c7-5(8)6-1-4-2-9-3-10-4/h2,6H,1,3H2,(H,7,8). The van der Waals surface area contributed by atoms with Crippen LogP contribution in [0, 0.1) is 0 Å². The van der Waals surface area contributed by atoms with E-state index in [0.29, 0.717) is 5.76 Å². The molecule has 1 heterocycles. The van der Waals surface area contributed by atoms with Gasteiger partial charge in [-0.15, -0.1) is 0 Å². The fourth-order valence-corrected chi connectivity index (χ4v) is 0.526. The predicted molar refractivity (Wildman–Crippen MR) is 31.1 cm³/mol. The predicted octanol–water partition coefficient (Wildman–Crippen LogP) is 0.0997. The van der Waals surface area contributed by atoms with Crippen LogP contribution in [-0.4, -0.2) is 24.5 Å². The van der Waals surface area contributed by atoms with E-state index in [-0.39, 0.29) is 13.3 Å². The number of hydrogen-bond donors (Lipinski definition) is 2. The summed E-state index contributed by atoms with van der Waals surface area (Å²) >= 11 is 0. The van der Waals surface area contributed by atoms with Gasteiger partial charge < -0.3 is 19.9 Å². The van der Waals surface area contributed by atoms with Gasteiger partial charge in [-0.2, -0.15) is 0 Å². The summed E-state index contributed by atoms with van der Waals surface area (Å²) in [4.78, 5) is 9.92. The van der Waals surface area contributed by atoms with Gasteiger partial charge >= 0.3 is 6.09 Å². The van der Waals surface area contributed by atoms with Crippen molar-refractivity contribution in [2.24, 2.45) is 0 Å². The van der Waals surface area contributed by atoms with E-state index in [1.807, 2.05) is 0 Å². The zero-order valence-electron chi connectivity index (χ0n) is 5.16. The zero-order valence-corrected chi connectivity index (χ0v) is 5.16. The van der Waals surface area contributed by atoms with Crippen LogP contribution in [0.1, 0.15) is 0 Å². The van der Waals surface area contributed by atoms with Crippen molar-refractivity contribution >= 4 is 6.09 Å². The largest absolute Gasteiger partial charge is 0.465 e. The van der Waals surface area contributed by atoms with Gasteiger partial charge in [0.1, 0.15) is 6.26 Å². The van der Waals surface area contributed by atoms with Crippen molar-refractivity contribution in [1.29, 1.82) is 0 Å². The van der Waals surface area contributed by atoms with Crippen molar-refractivity contribution < 1.29 is 19.4 Å². The van der Waals surface area contributed by atoms with Crippen molar-refractivity contribution in [1.82, 2.24) is 5.32 Å². The molecular weight excluding hydrogens is 138 g/mol. The van der Waals surface area contributed by atoms with Gasteiger partial charge in [0, 0.05) is 0 Å². The molecule has 1 aliphatic heterocycles. The molecule has 1 aliphatic rings. The molecule has 0 bridgehead atoms. The molecule has 5 nitrogen and oxygen atoms in total. The highest BCUT2D eigenvalue weighted by atomic mass is 16.7. The Morgan fingerprint density at radius 2 is 2.70 bits per heavy atom. The lowest BCUT2D eigenvalue weighted by atomic mass is 10.5. The topological polar surface area (TPSA) is 67.8 Å². The minimum absolute atomic E-state index is 0.162. The van der Waals surface area contributed by atoms with Gasteiger partial charge in [-0.05, 0) is 0 Å². The highest BCUT2D eigenvalue weighted by Gasteiger charge is 2.06. The van der Waals surface area contributed by atoms with E-state index in [9.17, 15) is 4.79 Å². The minimum atomic E-state index is -1.07. The highest BCUT2D eigenvalue weighted by Crippen LogP contribution is 2.03. The lowest BCUT2D eigenvalue weighted by molar-refractivity contribution is 0.0787. The molecule has 2 N–H and O–H groups in total. The zero-order chi connectivity index (χ0) is 7.40. The fraction of sp³-hybridized carbons (Fsp3) is 0.400. The third kappa shape index (κ3) is 1.85. The number of ether oxygens (including phenoxy) is 2. The number of rotatable bonds is 2. The third-order valence-electron chi connectivity index (χ3n) is 0.941. The highest BCUT2D eigenvalue weighted by molar-refractivity contribution is 5.64. The van der Waals surface area contributed by atoms with Crippen LogP contribution < -0.4 is 5.32 Å². The molecule has 0 unspecified atom stereocenters. The second-order valence-corrected chi connectivity index (χ2v) is 1.67. The van der Waals surface area contributed by atoms with Crippen LogP contribution in [0.25, 0.3) is 0 Å². The van der Waals surface area contributed by atoms with Crippen molar-refractivity contribution in [3.8, 4) is 0 Å². The summed E-state index contributed by atoms with van der Waals surface area (Å²) in [5, 5.41) is 10.3. The SMILES string of the molecule is O=C(O)NCC1=COCO1. The smallest absolute Gasteiger partial charge is 0.405 e. The number of amides is 1. The molecule has 0 saturated carbocycles.